The summed E-state index contributed by atoms with van der Waals surface area (Å²) in [5.41, 5.74) is 1.23. The number of rotatable bonds is 2. The summed E-state index contributed by atoms with van der Waals surface area (Å²) in [6.45, 7) is 8.36. The molecule has 1 aromatic rings. The van der Waals surface area contributed by atoms with E-state index in [1.54, 1.807) is 6.07 Å². The van der Waals surface area contributed by atoms with Crippen LogP contribution in [0.5, 0.6) is 0 Å². The van der Waals surface area contributed by atoms with E-state index in [-0.39, 0.29) is 17.6 Å². The third-order valence-electron chi connectivity index (χ3n) is 3.20. The molecule has 1 aromatic carbocycles. The van der Waals surface area contributed by atoms with Gasteiger partial charge in [0.2, 0.25) is 0 Å². The minimum atomic E-state index is -0.0210. The lowest BCUT2D eigenvalue weighted by Gasteiger charge is -2.35. The lowest BCUT2D eigenvalue weighted by atomic mass is 9.88. The van der Waals surface area contributed by atoms with E-state index in [9.17, 15) is 0 Å². The minimum Gasteiger partial charge on any atom is -0.368 e. The van der Waals surface area contributed by atoms with Crippen molar-refractivity contribution in [1.29, 1.82) is 0 Å². The molecule has 2 rings (SSSR count). The van der Waals surface area contributed by atoms with Gasteiger partial charge in [0.05, 0.1) is 12.2 Å². The van der Waals surface area contributed by atoms with E-state index in [2.05, 4.69) is 26.1 Å². The van der Waals surface area contributed by atoms with Gasteiger partial charge < -0.3 is 10.1 Å². The Hall–Kier alpha value is -0.280. The number of morpholine rings is 1. The zero-order valence-corrected chi connectivity index (χ0v) is 13.2. The van der Waals surface area contributed by atoms with Crippen molar-refractivity contribution in [2.24, 2.45) is 5.41 Å². The molecule has 2 atom stereocenters. The third kappa shape index (κ3) is 4.35. The lowest BCUT2D eigenvalue weighted by molar-refractivity contribution is -0.0552. The van der Waals surface area contributed by atoms with E-state index in [4.69, 9.17) is 27.9 Å². The predicted molar refractivity (Wildman–Crippen MR) is 81.0 cm³/mol. The molecule has 1 N–H and O–H groups in total. The molecule has 2 nitrogen and oxygen atoms in total. The fraction of sp³-hybridized carbons (Fsp3) is 0.600. The zero-order chi connectivity index (χ0) is 14.0. The van der Waals surface area contributed by atoms with Crippen molar-refractivity contribution in [1.82, 2.24) is 5.32 Å². The van der Waals surface area contributed by atoms with Gasteiger partial charge in [0.1, 0.15) is 0 Å². The first-order chi connectivity index (χ1) is 8.85. The molecule has 1 aliphatic rings. The topological polar surface area (TPSA) is 21.3 Å². The van der Waals surface area contributed by atoms with E-state index in [0.717, 1.165) is 25.1 Å². The van der Waals surface area contributed by atoms with Crippen molar-refractivity contribution in [2.45, 2.75) is 39.4 Å². The third-order valence-corrected chi connectivity index (χ3v) is 3.78. The Morgan fingerprint density at radius 2 is 2.00 bits per heavy atom. The Morgan fingerprint density at radius 3 is 2.68 bits per heavy atom. The van der Waals surface area contributed by atoms with Gasteiger partial charge in [-0.1, -0.05) is 44.0 Å². The predicted octanol–water partition coefficient (Wildman–Crippen LogP) is 4.46. The van der Waals surface area contributed by atoms with Crippen molar-refractivity contribution in [3.63, 3.8) is 0 Å². The standard InChI is InChI=1S/C15H21Cl2NO/c1-15(2,3)7-11-8-18-9-14(19-11)12-6-10(16)4-5-13(12)17/h4-6,11,14,18H,7-9H2,1-3H3. The Labute approximate surface area is 125 Å². The second-order valence-corrected chi connectivity index (χ2v) is 7.18. The molecular weight excluding hydrogens is 281 g/mol. The largest absolute Gasteiger partial charge is 0.368 e. The first kappa shape index (κ1) is 15.1. The van der Waals surface area contributed by atoms with E-state index in [1.165, 1.54) is 0 Å². The number of hydrogen-bond donors (Lipinski definition) is 1. The van der Waals surface area contributed by atoms with Gasteiger partial charge in [-0.2, -0.15) is 0 Å². The van der Waals surface area contributed by atoms with Gasteiger partial charge in [0.15, 0.2) is 0 Å². The van der Waals surface area contributed by atoms with Gasteiger partial charge in [-0.15, -0.1) is 0 Å². The molecule has 0 aliphatic carbocycles. The summed E-state index contributed by atoms with van der Waals surface area (Å²) in [5, 5.41) is 4.84. The maximum Gasteiger partial charge on any atom is 0.0968 e. The average Bonchev–Trinajstić information content (AvgIpc) is 2.30. The first-order valence-corrected chi connectivity index (χ1v) is 7.42. The zero-order valence-electron chi connectivity index (χ0n) is 11.7. The summed E-state index contributed by atoms with van der Waals surface area (Å²) in [7, 11) is 0. The van der Waals surface area contributed by atoms with E-state index in [0.29, 0.717) is 10.0 Å². The number of hydrogen-bond acceptors (Lipinski definition) is 2. The highest BCUT2D eigenvalue weighted by Crippen LogP contribution is 2.33. The van der Waals surface area contributed by atoms with Crippen molar-refractivity contribution < 1.29 is 4.74 Å². The van der Waals surface area contributed by atoms with Crippen LogP contribution in [0.25, 0.3) is 0 Å². The van der Waals surface area contributed by atoms with Crippen LogP contribution in [0.4, 0.5) is 0 Å². The summed E-state index contributed by atoms with van der Waals surface area (Å²) in [6.07, 6.45) is 1.22. The second-order valence-electron chi connectivity index (χ2n) is 6.34. The number of ether oxygens (including phenoxy) is 1. The van der Waals surface area contributed by atoms with Gasteiger partial charge in [-0.3, -0.25) is 0 Å². The first-order valence-electron chi connectivity index (χ1n) is 6.66. The van der Waals surface area contributed by atoms with E-state index < -0.39 is 0 Å². The van der Waals surface area contributed by atoms with Crippen LogP contribution < -0.4 is 5.32 Å². The van der Waals surface area contributed by atoms with Crippen LogP contribution in [0.15, 0.2) is 18.2 Å². The smallest absolute Gasteiger partial charge is 0.0968 e. The Bertz CT molecular complexity index is 442. The quantitative estimate of drug-likeness (QED) is 0.871. The van der Waals surface area contributed by atoms with Gasteiger partial charge in [-0.25, -0.2) is 0 Å². The van der Waals surface area contributed by atoms with Crippen LogP contribution in [-0.2, 0) is 4.74 Å². The number of nitrogens with one attached hydrogen (secondary N) is 1. The van der Waals surface area contributed by atoms with Gasteiger partial charge >= 0.3 is 0 Å². The number of benzene rings is 1. The molecule has 1 aliphatic heterocycles. The highest BCUT2D eigenvalue weighted by Gasteiger charge is 2.28. The SMILES string of the molecule is CC(C)(C)CC1CNCC(c2cc(Cl)ccc2Cl)O1. The van der Waals surface area contributed by atoms with Crippen LogP contribution in [0.1, 0.15) is 38.9 Å². The minimum absolute atomic E-state index is 0.0210. The van der Waals surface area contributed by atoms with Gasteiger partial charge in [0, 0.05) is 28.7 Å². The maximum atomic E-state index is 6.24. The average molecular weight is 302 g/mol. The summed E-state index contributed by atoms with van der Waals surface area (Å²) in [5.74, 6) is 0. The Kier molecular flexibility index (Phi) is 4.78. The Morgan fingerprint density at radius 1 is 1.26 bits per heavy atom. The van der Waals surface area contributed by atoms with Crippen molar-refractivity contribution >= 4 is 23.2 Å². The van der Waals surface area contributed by atoms with Crippen LogP contribution >= 0.6 is 23.2 Å². The van der Waals surface area contributed by atoms with Crippen molar-refractivity contribution in [3.05, 3.63) is 33.8 Å². The van der Waals surface area contributed by atoms with E-state index in [1.807, 2.05) is 12.1 Å². The molecule has 0 amide bonds. The molecule has 0 aromatic heterocycles. The maximum absolute atomic E-state index is 6.24. The molecule has 19 heavy (non-hydrogen) atoms. The fourth-order valence-electron chi connectivity index (χ4n) is 2.45. The van der Waals surface area contributed by atoms with Crippen LogP contribution in [0, 0.1) is 5.41 Å². The molecule has 106 valence electrons. The highest BCUT2D eigenvalue weighted by atomic mass is 35.5. The summed E-state index contributed by atoms with van der Waals surface area (Å²) in [6, 6.07) is 5.53. The summed E-state index contributed by atoms with van der Waals surface area (Å²) in [4.78, 5) is 0. The monoisotopic (exact) mass is 301 g/mol. The van der Waals surface area contributed by atoms with Crippen LogP contribution in [0.2, 0.25) is 10.0 Å². The fourth-order valence-corrected chi connectivity index (χ4v) is 2.87. The molecule has 1 heterocycles. The van der Waals surface area contributed by atoms with Crippen LogP contribution in [-0.4, -0.2) is 19.2 Å². The van der Waals surface area contributed by atoms with Gasteiger partial charge in [-0.05, 0) is 30.0 Å². The van der Waals surface area contributed by atoms with Crippen LogP contribution in [0.3, 0.4) is 0 Å². The molecule has 0 radical (unpaired) electrons. The number of halogens is 2. The highest BCUT2D eigenvalue weighted by molar-refractivity contribution is 6.33. The molecule has 0 saturated carbocycles. The Balaban J connectivity index is 2.10. The summed E-state index contributed by atoms with van der Waals surface area (Å²) < 4.78 is 6.18. The molecular formula is C15H21Cl2NO. The molecule has 1 saturated heterocycles. The summed E-state index contributed by atoms with van der Waals surface area (Å²) >= 11 is 12.3. The lowest BCUT2D eigenvalue weighted by Crippen LogP contribution is -2.42. The molecule has 2 unspecified atom stereocenters. The molecule has 1 fully saturated rings. The van der Waals surface area contributed by atoms with E-state index >= 15 is 0 Å². The van der Waals surface area contributed by atoms with Crippen molar-refractivity contribution in [3.8, 4) is 0 Å². The second kappa shape index (κ2) is 6.01. The van der Waals surface area contributed by atoms with Gasteiger partial charge in [0.25, 0.3) is 0 Å². The normalized spacial score (nSPS) is 24.5. The molecule has 0 spiro atoms. The van der Waals surface area contributed by atoms with Crippen molar-refractivity contribution in [2.75, 3.05) is 13.1 Å². The molecule has 4 heteroatoms. The molecule has 0 bridgehead atoms.